The van der Waals surface area contributed by atoms with E-state index >= 15 is 0 Å². The minimum atomic E-state index is -3.17. The van der Waals surface area contributed by atoms with E-state index < -0.39 is 10.0 Å². The van der Waals surface area contributed by atoms with Crippen LogP contribution in [0.1, 0.15) is 55.1 Å². The molecule has 0 bridgehead atoms. The van der Waals surface area contributed by atoms with E-state index in [0.717, 1.165) is 5.56 Å². The number of aromatic nitrogens is 1. The van der Waals surface area contributed by atoms with E-state index in [1.54, 1.807) is 11.0 Å². The predicted octanol–water partition coefficient (Wildman–Crippen LogP) is 2.73. The molecule has 1 saturated heterocycles. The number of hydrogen-bond acceptors (Lipinski definition) is 3. The molecule has 1 aromatic heterocycles. The predicted molar refractivity (Wildman–Crippen MR) is 108 cm³/mol. The summed E-state index contributed by atoms with van der Waals surface area (Å²) < 4.78 is 27.0. The smallest absolute Gasteiger partial charge is 0.246 e. The van der Waals surface area contributed by atoms with Crippen LogP contribution in [0, 0.1) is 13.8 Å². The van der Waals surface area contributed by atoms with Gasteiger partial charge in [-0.15, -0.1) is 0 Å². The summed E-state index contributed by atoms with van der Waals surface area (Å²) in [5.74, 6) is -0.0504. The summed E-state index contributed by atoms with van der Waals surface area (Å²) in [5.41, 5.74) is 3.58. The Morgan fingerprint density at radius 2 is 1.70 bits per heavy atom. The minimum absolute atomic E-state index is 0.0504. The second-order valence-electron chi connectivity index (χ2n) is 7.81. The zero-order chi connectivity index (χ0) is 19.6. The maximum absolute atomic E-state index is 12.5. The van der Waals surface area contributed by atoms with Crippen LogP contribution < -0.4 is 0 Å². The third-order valence-electron chi connectivity index (χ3n) is 5.89. The van der Waals surface area contributed by atoms with Gasteiger partial charge in [-0.25, -0.2) is 8.42 Å². The molecule has 1 aliphatic heterocycles. The summed E-state index contributed by atoms with van der Waals surface area (Å²) in [4.78, 5) is 14.2. The van der Waals surface area contributed by atoms with Crippen molar-refractivity contribution in [1.82, 2.24) is 13.8 Å². The lowest BCUT2D eigenvalue weighted by molar-refractivity contribution is -0.127. The Kier molecular flexibility index (Phi) is 6.11. The van der Waals surface area contributed by atoms with Gasteiger partial charge in [-0.05, 0) is 44.4 Å². The minimum Gasteiger partial charge on any atom is -0.346 e. The van der Waals surface area contributed by atoms with Crippen molar-refractivity contribution in [2.75, 3.05) is 32.4 Å². The van der Waals surface area contributed by atoms with E-state index in [9.17, 15) is 13.2 Å². The summed E-state index contributed by atoms with van der Waals surface area (Å²) >= 11 is 0. The Bertz CT molecular complexity index is 812. The van der Waals surface area contributed by atoms with Crippen LogP contribution in [0.25, 0.3) is 6.08 Å². The molecule has 7 heteroatoms. The summed E-state index contributed by atoms with van der Waals surface area (Å²) in [7, 11) is -3.17. The number of carbonyl (C=O) groups excluding carboxylic acids is 1. The first-order valence-electron chi connectivity index (χ1n) is 9.88. The van der Waals surface area contributed by atoms with Gasteiger partial charge in [0, 0.05) is 49.7 Å². The molecule has 3 rings (SSSR count). The second kappa shape index (κ2) is 8.19. The van der Waals surface area contributed by atoms with Crippen molar-refractivity contribution in [2.24, 2.45) is 0 Å². The van der Waals surface area contributed by atoms with Crippen molar-refractivity contribution < 1.29 is 13.2 Å². The van der Waals surface area contributed by atoms with E-state index in [1.807, 2.05) is 6.08 Å². The van der Waals surface area contributed by atoms with Gasteiger partial charge in [0.1, 0.15) is 0 Å². The summed E-state index contributed by atoms with van der Waals surface area (Å²) in [6.07, 6.45) is 11.2. The molecule has 1 aromatic rings. The lowest BCUT2D eigenvalue weighted by Crippen LogP contribution is -2.49. The summed E-state index contributed by atoms with van der Waals surface area (Å²) in [5, 5.41) is 0. The average Bonchev–Trinajstić information content (AvgIpc) is 2.93. The van der Waals surface area contributed by atoms with Gasteiger partial charge in [0.05, 0.1) is 6.26 Å². The molecule has 0 unspecified atom stereocenters. The van der Waals surface area contributed by atoms with Crippen molar-refractivity contribution in [1.29, 1.82) is 0 Å². The Labute approximate surface area is 162 Å². The molecule has 2 fully saturated rings. The van der Waals surface area contributed by atoms with Gasteiger partial charge in [-0.3, -0.25) is 4.79 Å². The van der Waals surface area contributed by atoms with Crippen LogP contribution in [0.4, 0.5) is 0 Å². The zero-order valence-electron chi connectivity index (χ0n) is 16.6. The van der Waals surface area contributed by atoms with Gasteiger partial charge in [0.2, 0.25) is 15.9 Å². The van der Waals surface area contributed by atoms with Crippen LogP contribution in [0.3, 0.4) is 0 Å². The number of piperazine rings is 1. The highest BCUT2D eigenvalue weighted by atomic mass is 32.2. The van der Waals surface area contributed by atoms with Gasteiger partial charge < -0.3 is 9.47 Å². The normalized spacial score (nSPS) is 20.5. The maximum Gasteiger partial charge on any atom is 0.246 e. The molecule has 6 nitrogen and oxygen atoms in total. The summed E-state index contributed by atoms with van der Waals surface area (Å²) in [6.45, 7) is 5.90. The molecule has 150 valence electrons. The quantitative estimate of drug-likeness (QED) is 0.739. The SMILES string of the molecule is Cc1cc(/C=C/C(=O)N2CCN(S(C)(=O)=O)CC2)c(C)n1C1CCCCC1. The highest BCUT2D eigenvalue weighted by molar-refractivity contribution is 7.88. The first-order chi connectivity index (χ1) is 12.8. The molecule has 0 N–H and O–H groups in total. The molecule has 0 radical (unpaired) electrons. The third-order valence-corrected chi connectivity index (χ3v) is 7.19. The van der Waals surface area contributed by atoms with Gasteiger partial charge in [-0.1, -0.05) is 19.3 Å². The maximum atomic E-state index is 12.5. The van der Waals surface area contributed by atoms with E-state index in [1.165, 1.54) is 54.1 Å². The molecule has 2 aliphatic rings. The highest BCUT2D eigenvalue weighted by Gasteiger charge is 2.25. The Morgan fingerprint density at radius 3 is 2.30 bits per heavy atom. The molecule has 0 aromatic carbocycles. The molecule has 27 heavy (non-hydrogen) atoms. The van der Waals surface area contributed by atoms with E-state index in [4.69, 9.17) is 0 Å². The van der Waals surface area contributed by atoms with Gasteiger partial charge in [-0.2, -0.15) is 4.31 Å². The molecule has 1 aliphatic carbocycles. The Hall–Kier alpha value is -1.60. The third kappa shape index (κ3) is 4.63. The number of amides is 1. The fourth-order valence-electron chi connectivity index (χ4n) is 4.38. The van der Waals surface area contributed by atoms with Gasteiger partial charge in [0.15, 0.2) is 0 Å². The van der Waals surface area contributed by atoms with E-state index in [0.29, 0.717) is 32.2 Å². The van der Waals surface area contributed by atoms with Crippen LogP contribution in [0.2, 0.25) is 0 Å². The first kappa shape index (κ1) is 20.1. The number of aryl methyl sites for hydroxylation is 1. The number of carbonyl (C=O) groups is 1. The Morgan fingerprint density at radius 1 is 1.07 bits per heavy atom. The van der Waals surface area contributed by atoms with Crippen molar-refractivity contribution in [3.63, 3.8) is 0 Å². The molecule has 1 saturated carbocycles. The fraction of sp³-hybridized carbons (Fsp3) is 0.650. The van der Waals surface area contributed by atoms with Crippen LogP contribution in [0.15, 0.2) is 12.1 Å². The van der Waals surface area contributed by atoms with Crippen molar-refractivity contribution in [3.8, 4) is 0 Å². The number of sulfonamides is 1. The summed E-state index contributed by atoms with van der Waals surface area (Å²) in [6, 6.07) is 2.75. The lowest BCUT2D eigenvalue weighted by atomic mass is 9.95. The number of rotatable bonds is 4. The second-order valence-corrected chi connectivity index (χ2v) is 9.79. The first-order valence-corrected chi connectivity index (χ1v) is 11.7. The van der Waals surface area contributed by atoms with Crippen LogP contribution in [0.5, 0.6) is 0 Å². The topological polar surface area (TPSA) is 62.6 Å². The average molecular weight is 394 g/mol. The fourth-order valence-corrected chi connectivity index (χ4v) is 5.21. The van der Waals surface area contributed by atoms with Crippen LogP contribution in [-0.2, 0) is 14.8 Å². The van der Waals surface area contributed by atoms with E-state index in [-0.39, 0.29) is 5.91 Å². The number of nitrogens with zero attached hydrogens (tertiary/aromatic N) is 3. The lowest BCUT2D eigenvalue weighted by Gasteiger charge is -2.32. The monoisotopic (exact) mass is 393 g/mol. The number of hydrogen-bond donors (Lipinski definition) is 0. The highest BCUT2D eigenvalue weighted by Crippen LogP contribution is 2.32. The molecule has 0 spiro atoms. The molecular formula is C20H31N3O3S. The van der Waals surface area contributed by atoms with E-state index in [2.05, 4.69) is 24.5 Å². The van der Waals surface area contributed by atoms with Crippen LogP contribution in [-0.4, -0.2) is 60.5 Å². The van der Waals surface area contributed by atoms with Crippen LogP contribution >= 0.6 is 0 Å². The molecular weight excluding hydrogens is 362 g/mol. The van der Waals surface area contributed by atoms with Crippen molar-refractivity contribution in [2.45, 2.75) is 52.0 Å². The van der Waals surface area contributed by atoms with Crippen molar-refractivity contribution in [3.05, 3.63) is 29.1 Å². The largest absolute Gasteiger partial charge is 0.346 e. The zero-order valence-corrected chi connectivity index (χ0v) is 17.5. The standard InChI is InChI=1S/C20H31N3O3S/c1-16-15-18(17(2)23(16)19-7-5-4-6-8-19)9-10-20(24)21-11-13-22(14-12-21)27(3,25)26/h9-10,15,19H,4-8,11-14H2,1-3H3/b10-9+. The molecule has 1 amide bonds. The van der Waals surface area contributed by atoms with Gasteiger partial charge in [0.25, 0.3) is 0 Å². The molecule has 0 atom stereocenters. The van der Waals surface area contributed by atoms with Crippen molar-refractivity contribution >= 4 is 22.0 Å². The van der Waals surface area contributed by atoms with Gasteiger partial charge >= 0.3 is 0 Å². The molecule has 2 heterocycles. The Balaban J connectivity index is 1.65.